The van der Waals surface area contributed by atoms with E-state index < -0.39 is 0 Å². The number of hydrogen-bond acceptors (Lipinski definition) is 2. The summed E-state index contributed by atoms with van der Waals surface area (Å²) in [6.07, 6.45) is 1.80. The van der Waals surface area contributed by atoms with Crippen LogP contribution < -0.4 is 5.73 Å². The fourth-order valence-electron chi connectivity index (χ4n) is 2.31. The van der Waals surface area contributed by atoms with Gasteiger partial charge in [0.2, 0.25) is 5.91 Å². The zero-order valence-corrected chi connectivity index (χ0v) is 9.65. The van der Waals surface area contributed by atoms with Crippen LogP contribution in [0.2, 0.25) is 0 Å². The van der Waals surface area contributed by atoms with Crippen LogP contribution in [0.15, 0.2) is 24.3 Å². The molecule has 16 heavy (non-hydrogen) atoms. The fraction of sp³-hybridized carbons (Fsp3) is 0.462. The minimum absolute atomic E-state index is 0.151. The maximum absolute atomic E-state index is 11.8. The molecule has 0 saturated carbocycles. The van der Waals surface area contributed by atoms with Crippen molar-refractivity contribution in [3.63, 3.8) is 0 Å². The quantitative estimate of drug-likeness (QED) is 0.827. The van der Waals surface area contributed by atoms with E-state index in [1.807, 2.05) is 30.1 Å². The molecule has 2 N–H and O–H groups in total. The SMILES string of the molecule is CN1CCC(Cc2ccccc2CN)C1=O. The van der Waals surface area contributed by atoms with E-state index in [-0.39, 0.29) is 11.8 Å². The summed E-state index contributed by atoms with van der Waals surface area (Å²) in [5.41, 5.74) is 8.07. The molecule has 0 aliphatic carbocycles. The largest absolute Gasteiger partial charge is 0.345 e. The Morgan fingerprint density at radius 3 is 2.62 bits per heavy atom. The molecule has 1 atom stereocenters. The van der Waals surface area contributed by atoms with Gasteiger partial charge < -0.3 is 10.6 Å². The van der Waals surface area contributed by atoms with Gasteiger partial charge in [0.15, 0.2) is 0 Å². The number of rotatable bonds is 3. The molecule has 3 nitrogen and oxygen atoms in total. The summed E-state index contributed by atoms with van der Waals surface area (Å²) in [6.45, 7) is 1.43. The molecule has 0 spiro atoms. The van der Waals surface area contributed by atoms with Crippen LogP contribution in [-0.2, 0) is 17.8 Å². The molecule has 2 rings (SSSR count). The lowest BCUT2D eigenvalue weighted by Crippen LogP contribution is -2.23. The Kier molecular flexibility index (Phi) is 3.25. The van der Waals surface area contributed by atoms with Gasteiger partial charge in [0, 0.05) is 26.1 Å². The maximum atomic E-state index is 11.8. The van der Waals surface area contributed by atoms with Crippen molar-refractivity contribution in [2.24, 2.45) is 11.7 Å². The number of hydrogen-bond donors (Lipinski definition) is 1. The fourth-order valence-corrected chi connectivity index (χ4v) is 2.31. The van der Waals surface area contributed by atoms with Crippen molar-refractivity contribution < 1.29 is 4.79 Å². The Labute approximate surface area is 96.2 Å². The van der Waals surface area contributed by atoms with Crippen LogP contribution in [0.4, 0.5) is 0 Å². The van der Waals surface area contributed by atoms with E-state index in [9.17, 15) is 4.79 Å². The molecule has 1 aliphatic heterocycles. The number of carbonyl (C=O) groups excluding carboxylic acids is 1. The lowest BCUT2D eigenvalue weighted by molar-refractivity contribution is -0.129. The van der Waals surface area contributed by atoms with E-state index in [0.29, 0.717) is 6.54 Å². The second-order valence-corrected chi connectivity index (χ2v) is 4.42. The van der Waals surface area contributed by atoms with E-state index >= 15 is 0 Å². The van der Waals surface area contributed by atoms with Gasteiger partial charge >= 0.3 is 0 Å². The number of carbonyl (C=O) groups is 1. The van der Waals surface area contributed by atoms with Crippen molar-refractivity contribution in [2.45, 2.75) is 19.4 Å². The molecule has 1 saturated heterocycles. The van der Waals surface area contributed by atoms with Crippen LogP contribution in [0.3, 0.4) is 0 Å². The first-order valence-corrected chi connectivity index (χ1v) is 5.74. The van der Waals surface area contributed by atoms with Gasteiger partial charge in [-0.3, -0.25) is 4.79 Å². The standard InChI is InChI=1S/C13H18N2O/c1-15-7-6-11(13(15)16)8-10-4-2-3-5-12(10)9-14/h2-5,11H,6-9,14H2,1H3. The van der Waals surface area contributed by atoms with Crippen molar-refractivity contribution in [3.8, 4) is 0 Å². The highest BCUT2D eigenvalue weighted by Crippen LogP contribution is 2.22. The Bertz CT molecular complexity index is 389. The Morgan fingerprint density at radius 1 is 1.38 bits per heavy atom. The Morgan fingerprint density at radius 2 is 2.06 bits per heavy atom. The molecule has 1 fully saturated rings. The third kappa shape index (κ3) is 2.09. The van der Waals surface area contributed by atoms with Crippen molar-refractivity contribution >= 4 is 5.91 Å². The minimum atomic E-state index is 0.151. The van der Waals surface area contributed by atoms with Crippen LogP contribution in [0.1, 0.15) is 17.5 Å². The van der Waals surface area contributed by atoms with Gasteiger partial charge in [0.25, 0.3) is 0 Å². The van der Waals surface area contributed by atoms with E-state index in [1.54, 1.807) is 0 Å². The predicted molar refractivity (Wildman–Crippen MR) is 63.8 cm³/mol. The molecule has 86 valence electrons. The van der Waals surface area contributed by atoms with Crippen molar-refractivity contribution in [1.29, 1.82) is 0 Å². The summed E-state index contributed by atoms with van der Waals surface area (Å²) in [4.78, 5) is 13.6. The van der Waals surface area contributed by atoms with Gasteiger partial charge in [-0.2, -0.15) is 0 Å². The van der Waals surface area contributed by atoms with E-state index in [4.69, 9.17) is 5.73 Å². The molecular formula is C13H18N2O. The number of amides is 1. The van der Waals surface area contributed by atoms with Gasteiger partial charge in [-0.1, -0.05) is 24.3 Å². The average Bonchev–Trinajstić information content (AvgIpc) is 2.62. The molecule has 1 aliphatic rings. The van der Waals surface area contributed by atoms with Crippen LogP contribution in [0.5, 0.6) is 0 Å². The molecule has 1 heterocycles. The lowest BCUT2D eigenvalue weighted by Gasteiger charge is -2.12. The molecule has 1 amide bonds. The topological polar surface area (TPSA) is 46.3 Å². The highest BCUT2D eigenvalue weighted by molar-refractivity contribution is 5.80. The zero-order chi connectivity index (χ0) is 11.5. The van der Waals surface area contributed by atoms with Crippen LogP contribution in [0.25, 0.3) is 0 Å². The Hall–Kier alpha value is -1.35. The average molecular weight is 218 g/mol. The second-order valence-electron chi connectivity index (χ2n) is 4.42. The van der Waals surface area contributed by atoms with E-state index in [2.05, 4.69) is 6.07 Å². The van der Waals surface area contributed by atoms with E-state index in [0.717, 1.165) is 24.9 Å². The zero-order valence-electron chi connectivity index (χ0n) is 9.65. The Balaban J connectivity index is 2.12. The van der Waals surface area contributed by atoms with Gasteiger partial charge in [0.1, 0.15) is 0 Å². The lowest BCUT2D eigenvalue weighted by atomic mass is 9.94. The molecule has 0 aromatic heterocycles. The monoisotopic (exact) mass is 218 g/mol. The third-order valence-corrected chi connectivity index (χ3v) is 3.34. The van der Waals surface area contributed by atoms with Crippen LogP contribution >= 0.6 is 0 Å². The number of nitrogens with two attached hydrogens (primary N) is 1. The summed E-state index contributed by atoms with van der Waals surface area (Å²) < 4.78 is 0. The molecular weight excluding hydrogens is 200 g/mol. The first kappa shape index (κ1) is 11.1. The first-order chi connectivity index (χ1) is 7.72. The molecule has 3 heteroatoms. The molecule has 1 aromatic rings. The van der Waals surface area contributed by atoms with Gasteiger partial charge in [0.05, 0.1) is 0 Å². The van der Waals surface area contributed by atoms with E-state index in [1.165, 1.54) is 5.56 Å². The highest BCUT2D eigenvalue weighted by Gasteiger charge is 2.29. The molecule has 0 bridgehead atoms. The second kappa shape index (κ2) is 4.66. The van der Waals surface area contributed by atoms with Crippen LogP contribution in [0, 0.1) is 5.92 Å². The first-order valence-electron chi connectivity index (χ1n) is 5.74. The predicted octanol–water partition coefficient (Wildman–Crippen LogP) is 1.17. The van der Waals surface area contributed by atoms with Gasteiger partial charge in [-0.25, -0.2) is 0 Å². The van der Waals surface area contributed by atoms with Crippen LogP contribution in [-0.4, -0.2) is 24.4 Å². The summed E-state index contributed by atoms with van der Waals surface area (Å²) >= 11 is 0. The number of likely N-dealkylation sites (tertiary alicyclic amines) is 1. The molecule has 0 radical (unpaired) electrons. The number of benzene rings is 1. The summed E-state index contributed by atoms with van der Waals surface area (Å²) in [5.74, 6) is 0.421. The normalized spacial score (nSPS) is 20.5. The van der Waals surface area contributed by atoms with Crippen molar-refractivity contribution in [1.82, 2.24) is 4.90 Å². The highest BCUT2D eigenvalue weighted by atomic mass is 16.2. The maximum Gasteiger partial charge on any atom is 0.225 e. The molecule has 1 aromatic carbocycles. The molecule has 1 unspecified atom stereocenters. The van der Waals surface area contributed by atoms with Crippen molar-refractivity contribution in [3.05, 3.63) is 35.4 Å². The smallest absolute Gasteiger partial charge is 0.225 e. The summed E-state index contributed by atoms with van der Waals surface area (Å²) in [5, 5.41) is 0. The van der Waals surface area contributed by atoms with Gasteiger partial charge in [-0.05, 0) is 24.0 Å². The summed E-state index contributed by atoms with van der Waals surface area (Å²) in [7, 11) is 1.87. The number of nitrogens with zero attached hydrogens (tertiary/aromatic N) is 1. The summed E-state index contributed by atoms with van der Waals surface area (Å²) in [6, 6.07) is 8.12. The van der Waals surface area contributed by atoms with Crippen molar-refractivity contribution in [2.75, 3.05) is 13.6 Å². The minimum Gasteiger partial charge on any atom is -0.345 e. The third-order valence-electron chi connectivity index (χ3n) is 3.34. The van der Waals surface area contributed by atoms with Gasteiger partial charge in [-0.15, -0.1) is 0 Å².